The summed E-state index contributed by atoms with van der Waals surface area (Å²) in [5.74, 6) is 0.935. The van der Waals surface area contributed by atoms with E-state index in [1.54, 1.807) is 30.5 Å². The number of nitrogens with zero attached hydrogens (tertiary/aromatic N) is 3. The minimum atomic E-state index is -0.0339. The van der Waals surface area contributed by atoms with Crippen molar-refractivity contribution < 1.29 is 4.79 Å². The number of anilines is 1. The molecule has 0 aliphatic carbocycles. The lowest BCUT2D eigenvalue weighted by atomic mass is 10.1. The summed E-state index contributed by atoms with van der Waals surface area (Å²) in [7, 11) is 1.98. The predicted molar refractivity (Wildman–Crippen MR) is 97.7 cm³/mol. The van der Waals surface area contributed by atoms with Crippen molar-refractivity contribution in [1.29, 1.82) is 0 Å². The molecule has 1 fully saturated rings. The van der Waals surface area contributed by atoms with Gasteiger partial charge in [-0.15, -0.1) is 12.4 Å². The molecule has 1 amide bonds. The Kier molecular flexibility index (Phi) is 6.62. The first-order valence-corrected chi connectivity index (χ1v) is 7.98. The smallest absolute Gasteiger partial charge is 0.238 e. The van der Waals surface area contributed by atoms with Crippen LogP contribution < -0.4 is 10.6 Å². The fourth-order valence-corrected chi connectivity index (χ4v) is 2.93. The molecule has 3 rings (SSSR count). The fourth-order valence-electron chi connectivity index (χ4n) is 2.81. The van der Waals surface area contributed by atoms with Gasteiger partial charge >= 0.3 is 0 Å². The van der Waals surface area contributed by atoms with E-state index >= 15 is 0 Å². The third-order valence-corrected chi connectivity index (χ3v) is 4.24. The Bertz CT molecular complexity index is 673. The van der Waals surface area contributed by atoms with Gasteiger partial charge in [0, 0.05) is 49.8 Å². The van der Waals surface area contributed by atoms with Crippen molar-refractivity contribution in [2.75, 3.05) is 31.5 Å². The average Bonchev–Trinajstić information content (AvgIpc) is 2.96. The van der Waals surface area contributed by atoms with Crippen LogP contribution in [0.2, 0.25) is 5.02 Å². The number of hydrogen-bond donors (Lipinski definition) is 2. The van der Waals surface area contributed by atoms with Crippen molar-refractivity contribution in [3.05, 3.63) is 47.5 Å². The van der Waals surface area contributed by atoms with Crippen LogP contribution in [0.15, 0.2) is 36.7 Å². The zero-order chi connectivity index (χ0) is 16.2. The zero-order valence-electron chi connectivity index (χ0n) is 13.4. The van der Waals surface area contributed by atoms with Crippen LogP contribution in [0.1, 0.15) is 11.9 Å². The molecule has 6 nitrogen and oxygen atoms in total. The Morgan fingerprint density at radius 2 is 2.17 bits per heavy atom. The lowest BCUT2D eigenvalue weighted by Crippen LogP contribution is -2.49. The van der Waals surface area contributed by atoms with Crippen LogP contribution in [0.4, 0.5) is 5.69 Å². The van der Waals surface area contributed by atoms with Gasteiger partial charge in [0.1, 0.15) is 5.82 Å². The molecule has 0 radical (unpaired) electrons. The molecule has 130 valence electrons. The first-order chi connectivity index (χ1) is 11.1. The van der Waals surface area contributed by atoms with E-state index in [2.05, 4.69) is 20.5 Å². The molecule has 2 N–H and O–H groups in total. The van der Waals surface area contributed by atoms with Gasteiger partial charge in [0.2, 0.25) is 5.91 Å². The highest BCUT2D eigenvalue weighted by Crippen LogP contribution is 2.20. The highest BCUT2D eigenvalue weighted by atomic mass is 35.5. The summed E-state index contributed by atoms with van der Waals surface area (Å²) < 4.78 is 2.00. The quantitative estimate of drug-likeness (QED) is 0.865. The maximum absolute atomic E-state index is 12.3. The van der Waals surface area contributed by atoms with Crippen molar-refractivity contribution in [3.63, 3.8) is 0 Å². The number of piperazine rings is 1. The normalized spacial score (nSPS) is 18.0. The van der Waals surface area contributed by atoms with Crippen LogP contribution in [0.5, 0.6) is 0 Å². The van der Waals surface area contributed by atoms with E-state index in [9.17, 15) is 4.79 Å². The Balaban J connectivity index is 0.00000208. The number of aromatic nitrogens is 2. The SMILES string of the molecule is Cl.Cn1ccnc1C1CNCCN1CC(=O)Nc1ccc(Cl)cc1. The molecule has 1 aromatic carbocycles. The van der Waals surface area contributed by atoms with E-state index < -0.39 is 0 Å². The number of carbonyl (C=O) groups is 1. The lowest BCUT2D eigenvalue weighted by Gasteiger charge is -2.35. The largest absolute Gasteiger partial charge is 0.337 e. The van der Waals surface area contributed by atoms with Gasteiger partial charge in [-0.2, -0.15) is 0 Å². The Morgan fingerprint density at radius 1 is 1.42 bits per heavy atom. The number of benzene rings is 1. The summed E-state index contributed by atoms with van der Waals surface area (Å²) >= 11 is 5.86. The van der Waals surface area contributed by atoms with Crippen LogP contribution in [-0.4, -0.2) is 46.5 Å². The number of rotatable bonds is 4. The lowest BCUT2D eigenvalue weighted by molar-refractivity contribution is -0.118. The topological polar surface area (TPSA) is 62.2 Å². The molecule has 1 saturated heterocycles. The van der Waals surface area contributed by atoms with Crippen molar-refractivity contribution in [3.8, 4) is 0 Å². The number of hydrogen-bond acceptors (Lipinski definition) is 4. The Morgan fingerprint density at radius 3 is 2.83 bits per heavy atom. The molecule has 2 heterocycles. The molecule has 2 aromatic rings. The molecular weight excluding hydrogens is 349 g/mol. The molecule has 0 spiro atoms. The molecule has 1 aliphatic heterocycles. The molecular formula is C16H21Cl2N5O. The van der Waals surface area contributed by atoms with Crippen molar-refractivity contribution in [1.82, 2.24) is 19.8 Å². The number of halogens is 2. The summed E-state index contributed by atoms with van der Waals surface area (Å²) in [6, 6.07) is 7.22. The van der Waals surface area contributed by atoms with Crippen LogP contribution in [0.25, 0.3) is 0 Å². The first kappa shape index (κ1) is 18.7. The third-order valence-electron chi connectivity index (χ3n) is 3.99. The minimum Gasteiger partial charge on any atom is -0.337 e. The maximum Gasteiger partial charge on any atom is 0.238 e. The number of carbonyl (C=O) groups excluding carboxylic acids is 1. The van der Waals surface area contributed by atoms with Gasteiger partial charge in [0.25, 0.3) is 0 Å². The highest BCUT2D eigenvalue weighted by molar-refractivity contribution is 6.30. The van der Waals surface area contributed by atoms with Crippen LogP contribution in [-0.2, 0) is 11.8 Å². The van der Waals surface area contributed by atoms with Gasteiger partial charge in [-0.3, -0.25) is 9.69 Å². The second-order valence-electron chi connectivity index (χ2n) is 5.64. The third kappa shape index (κ3) is 4.48. The van der Waals surface area contributed by atoms with E-state index in [0.717, 1.165) is 31.1 Å². The standard InChI is InChI=1S/C16H20ClN5O.ClH/c1-21-8-7-19-16(21)14-10-18-6-9-22(14)11-15(23)20-13-4-2-12(17)3-5-13;/h2-5,7-8,14,18H,6,9-11H2,1H3,(H,20,23);1H. The first-order valence-electron chi connectivity index (χ1n) is 7.61. The number of aryl methyl sites for hydroxylation is 1. The van der Waals surface area contributed by atoms with Gasteiger partial charge in [-0.25, -0.2) is 4.98 Å². The minimum absolute atomic E-state index is 0. The van der Waals surface area contributed by atoms with Crippen LogP contribution in [0, 0.1) is 0 Å². The second kappa shape index (κ2) is 8.48. The predicted octanol–water partition coefficient (Wildman–Crippen LogP) is 2.08. The molecule has 1 atom stereocenters. The maximum atomic E-state index is 12.3. The Labute approximate surface area is 152 Å². The van der Waals surface area contributed by atoms with Gasteiger partial charge in [0.15, 0.2) is 0 Å². The van der Waals surface area contributed by atoms with Crippen LogP contribution in [0.3, 0.4) is 0 Å². The van der Waals surface area contributed by atoms with E-state index in [1.807, 2.05) is 17.8 Å². The average molecular weight is 370 g/mol. The summed E-state index contributed by atoms with van der Waals surface area (Å²) in [4.78, 5) is 18.9. The van der Waals surface area contributed by atoms with Gasteiger partial charge in [-0.1, -0.05) is 11.6 Å². The van der Waals surface area contributed by atoms with Crippen molar-refractivity contribution >= 4 is 35.6 Å². The van der Waals surface area contributed by atoms with Gasteiger partial charge < -0.3 is 15.2 Å². The Hall–Kier alpha value is -1.60. The summed E-state index contributed by atoms with van der Waals surface area (Å²) in [6.45, 7) is 2.81. The van der Waals surface area contributed by atoms with Crippen molar-refractivity contribution in [2.24, 2.45) is 7.05 Å². The van der Waals surface area contributed by atoms with E-state index in [0.29, 0.717) is 11.6 Å². The molecule has 24 heavy (non-hydrogen) atoms. The molecule has 0 bridgehead atoms. The van der Waals surface area contributed by atoms with E-state index in [-0.39, 0.29) is 24.4 Å². The van der Waals surface area contributed by atoms with Gasteiger partial charge in [0.05, 0.1) is 12.6 Å². The van der Waals surface area contributed by atoms with Crippen LogP contribution >= 0.6 is 24.0 Å². The van der Waals surface area contributed by atoms with Crippen molar-refractivity contribution in [2.45, 2.75) is 6.04 Å². The monoisotopic (exact) mass is 369 g/mol. The summed E-state index contributed by atoms with van der Waals surface area (Å²) in [6.07, 6.45) is 3.71. The molecule has 8 heteroatoms. The summed E-state index contributed by atoms with van der Waals surface area (Å²) in [5.41, 5.74) is 0.753. The zero-order valence-corrected chi connectivity index (χ0v) is 15.0. The fraction of sp³-hybridized carbons (Fsp3) is 0.375. The number of amides is 1. The molecule has 1 aromatic heterocycles. The number of nitrogens with one attached hydrogen (secondary N) is 2. The second-order valence-corrected chi connectivity index (χ2v) is 6.08. The highest BCUT2D eigenvalue weighted by Gasteiger charge is 2.28. The molecule has 1 unspecified atom stereocenters. The van der Waals surface area contributed by atoms with E-state index in [1.165, 1.54) is 0 Å². The van der Waals surface area contributed by atoms with Gasteiger partial charge in [-0.05, 0) is 24.3 Å². The molecule has 0 saturated carbocycles. The molecule has 1 aliphatic rings. The van der Waals surface area contributed by atoms with E-state index in [4.69, 9.17) is 11.6 Å². The summed E-state index contributed by atoms with van der Waals surface area (Å²) in [5, 5.41) is 6.93. The number of imidazole rings is 1.